The van der Waals surface area contributed by atoms with Gasteiger partial charge in [-0.15, -0.1) is 0 Å². The van der Waals surface area contributed by atoms with Crippen molar-refractivity contribution in [3.63, 3.8) is 0 Å². The Morgan fingerprint density at radius 1 is 0.180 bits per heavy atom. The standard InChI is InChI=1S/C48H34N2/c1-3-11-39(12-4-1)49-41-27-19-35(20-28-41)45-15-7-9-17-47(45)37-23-31-43(32-24-37)50(40-13-5-2-6-14-40)44-33-25-38(26-34-44)48-18-10-8-16-46(48)36-21-29-42(49)30-22-36/h1-34H. The first-order chi connectivity index (χ1) is 24.8. The van der Waals surface area contributed by atoms with Crippen LogP contribution in [0.5, 0.6) is 0 Å². The number of hydrogen-bond acceptors (Lipinski definition) is 2. The zero-order valence-corrected chi connectivity index (χ0v) is 27.5. The minimum atomic E-state index is 1.11. The molecule has 8 aromatic carbocycles. The Kier molecular flexibility index (Phi) is 7.53. The number of rotatable bonds is 2. The van der Waals surface area contributed by atoms with Gasteiger partial charge in [-0.2, -0.15) is 0 Å². The molecule has 7 heterocycles. The van der Waals surface area contributed by atoms with E-state index in [0.29, 0.717) is 0 Å². The number of para-hydroxylation sites is 2. The molecule has 7 aliphatic rings. The first-order valence-corrected chi connectivity index (χ1v) is 17.1. The summed E-state index contributed by atoms with van der Waals surface area (Å²) in [5.41, 5.74) is 16.2. The minimum absolute atomic E-state index is 1.11. The lowest BCUT2D eigenvalue weighted by Crippen LogP contribution is -2.10. The van der Waals surface area contributed by atoms with Crippen LogP contribution < -0.4 is 9.80 Å². The Balaban J connectivity index is 1.25. The highest BCUT2D eigenvalue weighted by molar-refractivity contribution is 5.89. The van der Waals surface area contributed by atoms with Crippen molar-refractivity contribution in [3.8, 4) is 44.5 Å². The first kappa shape index (κ1) is 29.5. The number of benzene rings is 8. The molecule has 8 bridgehead atoms. The van der Waals surface area contributed by atoms with Crippen LogP contribution in [-0.2, 0) is 0 Å². The Hall–Kier alpha value is -6.64. The van der Waals surface area contributed by atoms with Crippen LogP contribution >= 0.6 is 0 Å². The summed E-state index contributed by atoms with van der Waals surface area (Å²) >= 11 is 0. The SMILES string of the molecule is c1ccc(N2c3ccc(cc3)-c3ccccc3-c3ccc(cc3)N(c3ccccc3)c3ccc(cc3)-c3ccccc3-c3ccc2cc3)cc1. The van der Waals surface area contributed by atoms with Gasteiger partial charge in [0.25, 0.3) is 0 Å². The molecule has 0 spiro atoms. The lowest BCUT2D eigenvalue weighted by Gasteiger charge is -2.26. The van der Waals surface area contributed by atoms with Crippen LogP contribution in [0, 0.1) is 0 Å². The van der Waals surface area contributed by atoms with Gasteiger partial charge in [-0.05, 0) is 117 Å². The van der Waals surface area contributed by atoms with Gasteiger partial charge < -0.3 is 9.80 Å². The van der Waals surface area contributed by atoms with Gasteiger partial charge in [0, 0.05) is 34.1 Å². The lowest BCUT2D eigenvalue weighted by molar-refractivity contribution is 1.28. The molecule has 50 heavy (non-hydrogen) atoms. The summed E-state index contributed by atoms with van der Waals surface area (Å²) in [5, 5.41) is 0. The molecule has 7 aliphatic heterocycles. The highest BCUT2D eigenvalue weighted by Crippen LogP contribution is 2.42. The van der Waals surface area contributed by atoms with Gasteiger partial charge in [0.05, 0.1) is 0 Å². The summed E-state index contributed by atoms with van der Waals surface area (Å²) in [6.07, 6.45) is 0. The average molecular weight is 639 g/mol. The van der Waals surface area contributed by atoms with Crippen LogP contribution in [0.2, 0.25) is 0 Å². The maximum atomic E-state index is 2.33. The molecule has 2 heteroatoms. The maximum absolute atomic E-state index is 2.33. The van der Waals surface area contributed by atoms with E-state index >= 15 is 0 Å². The van der Waals surface area contributed by atoms with Gasteiger partial charge in [-0.1, -0.05) is 133 Å². The second kappa shape index (κ2) is 12.8. The van der Waals surface area contributed by atoms with E-state index in [9.17, 15) is 0 Å². The third kappa shape index (κ3) is 5.43. The second-order valence-electron chi connectivity index (χ2n) is 12.6. The summed E-state index contributed by atoms with van der Waals surface area (Å²) < 4.78 is 0. The Bertz CT molecular complexity index is 2070. The molecule has 0 amide bonds. The number of hydrogen-bond donors (Lipinski definition) is 0. The van der Waals surface area contributed by atoms with E-state index in [1.165, 1.54) is 44.5 Å². The van der Waals surface area contributed by atoms with Gasteiger partial charge in [0.1, 0.15) is 0 Å². The Labute approximate surface area is 293 Å². The van der Waals surface area contributed by atoms with E-state index in [1.54, 1.807) is 0 Å². The zero-order chi connectivity index (χ0) is 33.3. The monoisotopic (exact) mass is 638 g/mol. The largest absolute Gasteiger partial charge is 0.311 e. The highest BCUT2D eigenvalue weighted by Gasteiger charge is 2.17. The fraction of sp³-hybridized carbons (Fsp3) is 0. The van der Waals surface area contributed by atoms with Gasteiger partial charge in [0.2, 0.25) is 0 Å². The molecule has 8 aromatic rings. The molecule has 0 saturated carbocycles. The predicted octanol–water partition coefficient (Wildman–Crippen LogP) is 13.6. The van der Waals surface area contributed by atoms with Gasteiger partial charge in [0.15, 0.2) is 0 Å². The Morgan fingerprint density at radius 3 is 0.620 bits per heavy atom. The molecule has 0 unspecified atom stereocenters. The van der Waals surface area contributed by atoms with Gasteiger partial charge in [-0.3, -0.25) is 0 Å². The molecule has 0 radical (unpaired) electrons. The first-order valence-electron chi connectivity index (χ1n) is 17.1. The van der Waals surface area contributed by atoms with E-state index in [1.807, 2.05) is 0 Å². The molecule has 2 nitrogen and oxygen atoms in total. The van der Waals surface area contributed by atoms with E-state index in [-0.39, 0.29) is 0 Å². The van der Waals surface area contributed by atoms with Crippen molar-refractivity contribution >= 4 is 34.1 Å². The van der Waals surface area contributed by atoms with Crippen molar-refractivity contribution in [1.29, 1.82) is 0 Å². The topological polar surface area (TPSA) is 6.48 Å². The fourth-order valence-electron chi connectivity index (χ4n) is 7.18. The van der Waals surface area contributed by atoms with E-state index in [2.05, 4.69) is 216 Å². The van der Waals surface area contributed by atoms with Crippen LogP contribution in [0.15, 0.2) is 206 Å². The molecule has 236 valence electrons. The van der Waals surface area contributed by atoms with Crippen molar-refractivity contribution in [3.05, 3.63) is 206 Å². The van der Waals surface area contributed by atoms with Crippen LogP contribution in [-0.4, -0.2) is 0 Å². The van der Waals surface area contributed by atoms with Gasteiger partial charge in [-0.25, -0.2) is 0 Å². The Morgan fingerprint density at radius 2 is 0.380 bits per heavy atom. The number of nitrogens with zero attached hydrogens (tertiary/aromatic N) is 2. The van der Waals surface area contributed by atoms with Crippen molar-refractivity contribution in [2.45, 2.75) is 0 Å². The normalized spacial score (nSPS) is 11.9. The van der Waals surface area contributed by atoms with Crippen molar-refractivity contribution < 1.29 is 0 Å². The molecule has 0 saturated heterocycles. The molecule has 0 N–H and O–H groups in total. The quantitative estimate of drug-likeness (QED) is 0.186. The minimum Gasteiger partial charge on any atom is -0.311 e. The average Bonchev–Trinajstić information content (AvgIpc) is 3.20. The fourth-order valence-corrected chi connectivity index (χ4v) is 7.18. The molecule has 0 fully saturated rings. The highest BCUT2D eigenvalue weighted by atomic mass is 15.1. The van der Waals surface area contributed by atoms with E-state index in [4.69, 9.17) is 0 Å². The molecule has 0 aliphatic carbocycles. The summed E-state index contributed by atoms with van der Waals surface area (Å²) in [4.78, 5) is 4.65. The second-order valence-corrected chi connectivity index (χ2v) is 12.6. The molecule has 0 aromatic heterocycles. The van der Waals surface area contributed by atoms with Crippen LogP contribution in [0.1, 0.15) is 0 Å². The lowest BCUT2D eigenvalue weighted by atomic mass is 9.93. The van der Waals surface area contributed by atoms with Crippen molar-refractivity contribution in [2.75, 3.05) is 9.80 Å². The maximum Gasteiger partial charge on any atom is 0.0462 e. The molecule has 15 rings (SSSR count). The summed E-state index contributed by atoms with van der Waals surface area (Å²) in [5.74, 6) is 0. The third-order valence-electron chi connectivity index (χ3n) is 9.63. The van der Waals surface area contributed by atoms with E-state index in [0.717, 1.165) is 34.1 Å². The summed E-state index contributed by atoms with van der Waals surface area (Å²) in [6, 6.07) is 74.4. The van der Waals surface area contributed by atoms with Crippen LogP contribution in [0.4, 0.5) is 34.1 Å². The number of anilines is 6. The molecule has 0 atom stereocenters. The van der Waals surface area contributed by atoms with Crippen molar-refractivity contribution in [2.24, 2.45) is 0 Å². The zero-order valence-electron chi connectivity index (χ0n) is 27.5. The van der Waals surface area contributed by atoms with Crippen LogP contribution in [0.3, 0.4) is 0 Å². The third-order valence-corrected chi connectivity index (χ3v) is 9.63. The summed E-state index contributed by atoms with van der Waals surface area (Å²) in [6.45, 7) is 0. The molecular formula is C48H34N2. The summed E-state index contributed by atoms with van der Waals surface area (Å²) in [7, 11) is 0. The van der Waals surface area contributed by atoms with Crippen molar-refractivity contribution in [1.82, 2.24) is 0 Å². The van der Waals surface area contributed by atoms with E-state index < -0.39 is 0 Å². The predicted molar refractivity (Wildman–Crippen MR) is 211 cm³/mol. The van der Waals surface area contributed by atoms with Gasteiger partial charge >= 0.3 is 0 Å². The smallest absolute Gasteiger partial charge is 0.0462 e. The molecular weight excluding hydrogens is 605 g/mol. The van der Waals surface area contributed by atoms with Crippen LogP contribution in [0.25, 0.3) is 44.5 Å².